The number of para-hydroxylation sites is 1. The van der Waals surface area contributed by atoms with Gasteiger partial charge in [0.15, 0.2) is 5.69 Å². The fourth-order valence-corrected chi connectivity index (χ4v) is 2.35. The lowest BCUT2D eigenvalue weighted by Gasteiger charge is -2.19. The van der Waals surface area contributed by atoms with Gasteiger partial charge in [0, 0.05) is 6.54 Å². The van der Waals surface area contributed by atoms with E-state index in [1.165, 1.54) is 0 Å². The molecule has 1 aromatic carbocycles. The largest absolute Gasteiger partial charge is 0.493 e. The van der Waals surface area contributed by atoms with E-state index < -0.39 is 0 Å². The maximum absolute atomic E-state index is 12.5. The molecule has 0 fully saturated rings. The van der Waals surface area contributed by atoms with Gasteiger partial charge in [0.25, 0.3) is 0 Å². The third-order valence-corrected chi connectivity index (χ3v) is 3.31. The molecule has 2 aromatic rings. The molecule has 20 heavy (non-hydrogen) atoms. The Labute approximate surface area is 116 Å². The van der Waals surface area contributed by atoms with Crippen LogP contribution in [0.15, 0.2) is 24.4 Å². The molecule has 3 rings (SSSR count). The molecular formula is C14H16N4O2. The van der Waals surface area contributed by atoms with Crippen molar-refractivity contribution in [2.75, 3.05) is 13.2 Å². The zero-order chi connectivity index (χ0) is 13.9. The Bertz CT molecular complexity index is 636. The summed E-state index contributed by atoms with van der Waals surface area (Å²) in [5, 5.41) is 7.80. The Morgan fingerprint density at radius 1 is 1.45 bits per heavy atom. The first kappa shape index (κ1) is 12.8. The van der Waals surface area contributed by atoms with Crippen LogP contribution < -0.4 is 10.5 Å². The molecule has 6 heteroatoms. The molecule has 0 amide bonds. The molecule has 104 valence electrons. The van der Waals surface area contributed by atoms with Gasteiger partial charge in [0.05, 0.1) is 24.9 Å². The molecule has 2 N–H and O–H groups in total. The van der Waals surface area contributed by atoms with Crippen LogP contribution in [-0.4, -0.2) is 33.9 Å². The first-order chi connectivity index (χ1) is 9.79. The van der Waals surface area contributed by atoms with E-state index in [1.54, 1.807) is 16.9 Å². The first-order valence-corrected chi connectivity index (χ1v) is 6.69. The van der Waals surface area contributed by atoms with Crippen molar-refractivity contribution in [1.29, 1.82) is 0 Å². The summed E-state index contributed by atoms with van der Waals surface area (Å²) in [6, 6.07) is 5.65. The number of carbonyl (C=O) groups is 1. The fraction of sp³-hybridized carbons (Fsp3) is 0.357. The summed E-state index contributed by atoms with van der Waals surface area (Å²) < 4.78 is 7.23. The smallest absolute Gasteiger partial charge is 0.218 e. The van der Waals surface area contributed by atoms with Gasteiger partial charge in [-0.25, -0.2) is 0 Å². The van der Waals surface area contributed by atoms with Gasteiger partial charge < -0.3 is 10.5 Å². The summed E-state index contributed by atoms with van der Waals surface area (Å²) in [5.74, 6) is 0.532. The van der Waals surface area contributed by atoms with Crippen LogP contribution in [-0.2, 0) is 13.0 Å². The predicted molar refractivity (Wildman–Crippen MR) is 72.8 cm³/mol. The number of ether oxygens (including phenoxy) is 1. The van der Waals surface area contributed by atoms with E-state index in [2.05, 4.69) is 10.3 Å². The van der Waals surface area contributed by atoms with Crippen molar-refractivity contribution >= 4 is 5.78 Å². The number of nitrogens with two attached hydrogens (primary N) is 1. The van der Waals surface area contributed by atoms with Crippen LogP contribution in [0.25, 0.3) is 0 Å². The number of ketones is 1. The number of hydrogen-bond donors (Lipinski definition) is 1. The molecule has 0 unspecified atom stereocenters. The van der Waals surface area contributed by atoms with Gasteiger partial charge in [0.1, 0.15) is 5.75 Å². The number of benzene rings is 1. The Kier molecular flexibility index (Phi) is 3.47. The SMILES string of the molecule is NCCn1cc(C(=O)c2cccc3c2OCCC3)nn1. The van der Waals surface area contributed by atoms with Crippen LogP contribution >= 0.6 is 0 Å². The number of nitrogens with zero attached hydrogens (tertiary/aromatic N) is 3. The van der Waals surface area contributed by atoms with Gasteiger partial charge in [-0.1, -0.05) is 17.3 Å². The number of carbonyl (C=O) groups excluding carboxylic acids is 1. The summed E-state index contributed by atoms with van der Waals surface area (Å²) in [6.45, 7) is 1.65. The van der Waals surface area contributed by atoms with Crippen molar-refractivity contribution in [1.82, 2.24) is 15.0 Å². The van der Waals surface area contributed by atoms with E-state index >= 15 is 0 Å². The van der Waals surface area contributed by atoms with Crippen LogP contribution in [0.2, 0.25) is 0 Å². The maximum atomic E-state index is 12.5. The van der Waals surface area contributed by atoms with E-state index in [9.17, 15) is 4.79 Å². The van der Waals surface area contributed by atoms with E-state index in [0.717, 1.165) is 18.4 Å². The van der Waals surface area contributed by atoms with Crippen molar-refractivity contribution in [2.45, 2.75) is 19.4 Å². The molecule has 0 radical (unpaired) electrons. The van der Waals surface area contributed by atoms with Gasteiger partial charge in [-0.05, 0) is 24.5 Å². The minimum absolute atomic E-state index is 0.160. The van der Waals surface area contributed by atoms with Crippen LogP contribution in [0.1, 0.15) is 28.0 Å². The van der Waals surface area contributed by atoms with Gasteiger partial charge in [0.2, 0.25) is 5.78 Å². The number of rotatable bonds is 4. The van der Waals surface area contributed by atoms with Crippen molar-refractivity contribution in [3.63, 3.8) is 0 Å². The zero-order valence-corrected chi connectivity index (χ0v) is 11.1. The quantitative estimate of drug-likeness (QED) is 0.832. The van der Waals surface area contributed by atoms with E-state index in [1.807, 2.05) is 12.1 Å². The van der Waals surface area contributed by atoms with Crippen LogP contribution in [0.4, 0.5) is 0 Å². The molecule has 1 aliphatic heterocycles. The highest BCUT2D eigenvalue weighted by molar-refractivity contribution is 6.09. The molecule has 2 heterocycles. The predicted octanol–water partition coefficient (Wildman–Crippen LogP) is 0.793. The normalized spacial score (nSPS) is 13.7. The standard InChI is InChI=1S/C14H16N4O2/c15-6-7-18-9-12(16-17-18)13(19)11-5-1-3-10-4-2-8-20-14(10)11/h1,3,5,9H,2,4,6-8,15H2. The van der Waals surface area contributed by atoms with Crippen LogP contribution in [0.3, 0.4) is 0 Å². The second-order valence-corrected chi connectivity index (χ2v) is 4.73. The molecule has 1 aliphatic rings. The Morgan fingerprint density at radius 3 is 3.20 bits per heavy atom. The molecule has 0 atom stereocenters. The summed E-state index contributed by atoms with van der Waals surface area (Å²) in [6.07, 6.45) is 3.55. The summed E-state index contributed by atoms with van der Waals surface area (Å²) in [4.78, 5) is 12.5. The highest BCUT2D eigenvalue weighted by Gasteiger charge is 2.22. The van der Waals surface area contributed by atoms with Crippen molar-refractivity contribution in [3.05, 3.63) is 41.2 Å². The number of fused-ring (bicyclic) bond motifs is 1. The Hall–Kier alpha value is -2.21. The lowest BCUT2D eigenvalue weighted by Crippen LogP contribution is -2.13. The Morgan fingerprint density at radius 2 is 2.35 bits per heavy atom. The maximum Gasteiger partial charge on any atom is 0.218 e. The summed E-state index contributed by atoms with van der Waals surface area (Å²) in [5.41, 5.74) is 7.41. The first-order valence-electron chi connectivity index (χ1n) is 6.69. The third-order valence-electron chi connectivity index (χ3n) is 3.31. The Balaban J connectivity index is 1.93. The minimum atomic E-state index is -0.160. The summed E-state index contributed by atoms with van der Waals surface area (Å²) >= 11 is 0. The van der Waals surface area contributed by atoms with Gasteiger partial charge >= 0.3 is 0 Å². The molecule has 1 aromatic heterocycles. The summed E-state index contributed by atoms with van der Waals surface area (Å²) in [7, 11) is 0. The topological polar surface area (TPSA) is 83.0 Å². The fourth-order valence-electron chi connectivity index (χ4n) is 2.35. The molecule has 0 spiro atoms. The van der Waals surface area contributed by atoms with Crippen LogP contribution in [0.5, 0.6) is 5.75 Å². The van der Waals surface area contributed by atoms with Gasteiger partial charge in [-0.15, -0.1) is 5.10 Å². The highest BCUT2D eigenvalue weighted by atomic mass is 16.5. The zero-order valence-electron chi connectivity index (χ0n) is 11.1. The van der Waals surface area contributed by atoms with E-state index in [4.69, 9.17) is 10.5 Å². The molecule has 0 bridgehead atoms. The third kappa shape index (κ3) is 2.30. The number of hydrogen-bond acceptors (Lipinski definition) is 5. The van der Waals surface area contributed by atoms with E-state index in [-0.39, 0.29) is 5.78 Å². The molecular weight excluding hydrogens is 256 g/mol. The monoisotopic (exact) mass is 272 g/mol. The van der Waals surface area contributed by atoms with Gasteiger partial charge in [-0.3, -0.25) is 9.48 Å². The average molecular weight is 272 g/mol. The van der Waals surface area contributed by atoms with Gasteiger partial charge in [-0.2, -0.15) is 0 Å². The van der Waals surface area contributed by atoms with Crippen molar-refractivity contribution < 1.29 is 9.53 Å². The minimum Gasteiger partial charge on any atom is -0.493 e. The van der Waals surface area contributed by atoms with E-state index in [0.29, 0.717) is 36.7 Å². The highest BCUT2D eigenvalue weighted by Crippen LogP contribution is 2.30. The number of aromatic nitrogens is 3. The lowest BCUT2D eigenvalue weighted by molar-refractivity contribution is 0.102. The second-order valence-electron chi connectivity index (χ2n) is 4.73. The molecule has 6 nitrogen and oxygen atoms in total. The second kappa shape index (κ2) is 5.42. The lowest BCUT2D eigenvalue weighted by atomic mass is 9.99. The average Bonchev–Trinajstić information content (AvgIpc) is 2.95. The number of aryl methyl sites for hydroxylation is 1. The van der Waals surface area contributed by atoms with Crippen molar-refractivity contribution in [2.24, 2.45) is 5.73 Å². The van der Waals surface area contributed by atoms with Crippen molar-refractivity contribution in [3.8, 4) is 5.75 Å². The molecule has 0 saturated heterocycles. The molecule has 0 aliphatic carbocycles. The van der Waals surface area contributed by atoms with Crippen LogP contribution in [0, 0.1) is 0 Å². The molecule has 0 saturated carbocycles.